The van der Waals surface area contributed by atoms with Crippen LogP contribution in [0.1, 0.15) is 17.2 Å². The van der Waals surface area contributed by atoms with Crippen LogP contribution < -0.4 is 17.0 Å². The standard InChI is InChI=1S/C11H13F2N5/c1-18-11(14)9(5-16-18)10(17-15)6-2-7(12)4-8(13)3-6/h2-5,10,17H,14-15H2,1H3. The first-order valence-corrected chi connectivity index (χ1v) is 5.22. The Balaban J connectivity index is 2.48. The fourth-order valence-electron chi connectivity index (χ4n) is 1.79. The summed E-state index contributed by atoms with van der Waals surface area (Å²) in [5, 5.41) is 3.96. The van der Waals surface area contributed by atoms with Crippen molar-refractivity contribution in [2.75, 3.05) is 5.73 Å². The van der Waals surface area contributed by atoms with E-state index in [0.717, 1.165) is 6.07 Å². The number of aryl methyl sites for hydroxylation is 1. The Kier molecular flexibility index (Phi) is 3.26. The quantitative estimate of drug-likeness (QED) is 0.559. The molecule has 0 fully saturated rings. The summed E-state index contributed by atoms with van der Waals surface area (Å²) in [6.45, 7) is 0. The van der Waals surface area contributed by atoms with E-state index >= 15 is 0 Å². The smallest absolute Gasteiger partial charge is 0.126 e. The molecule has 1 aromatic heterocycles. The molecule has 1 unspecified atom stereocenters. The van der Waals surface area contributed by atoms with Gasteiger partial charge in [-0.1, -0.05) is 0 Å². The molecule has 0 radical (unpaired) electrons. The number of hydrogen-bond donors (Lipinski definition) is 3. The monoisotopic (exact) mass is 253 g/mol. The van der Waals surface area contributed by atoms with E-state index < -0.39 is 17.7 Å². The first kappa shape index (κ1) is 12.5. The van der Waals surface area contributed by atoms with Crippen molar-refractivity contribution >= 4 is 5.82 Å². The molecule has 2 aromatic rings. The lowest BCUT2D eigenvalue weighted by molar-refractivity contribution is 0.566. The Hall–Kier alpha value is -1.99. The van der Waals surface area contributed by atoms with E-state index in [1.54, 1.807) is 7.05 Å². The number of nitrogens with two attached hydrogens (primary N) is 2. The van der Waals surface area contributed by atoms with Gasteiger partial charge in [0.1, 0.15) is 17.5 Å². The maximum Gasteiger partial charge on any atom is 0.126 e. The molecule has 7 heteroatoms. The molecule has 2 rings (SSSR count). The first-order chi connectivity index (χ1) is 8.52. The summed E-state index contributed by atoms with van der Waals surface area (Å²) in [6.07, 6.45) is 1.50. The lowest BCUT2D eigenvalue weighted by Gasteiger charge is -2.16. The highest BCUT2D eigenvalue weighted by Crippen LogP contribution is 2.26. The molecule has 0 saturated heterocycles. The summed E-state index contributed by atoms with van der Waals surface area (Å²) < 4.78 is 27.8. The fourth-order valence-corrected chi connectivity index (χ4v) is 1.79. The fraction of sp³-hybridized carbons (Fsp3) is 0.182. The third-order valence-corrected chi connectivity index (χ3v) is 2.71. The number of hydrazine groups is 1. The molecule has 0 aliphatic rings. The van der Waals surface area contributed by atoms with Crippen LogP contribution in [0.15, 0.2) is 24.4 Å². The number of benzene rings is 1. The van der Waals surface area contributed by atoms with Crippen molar-refractivity contribution in [3.05, 3.63) is 47.2 Å². The molecule has 5 N–H and O–H groups in total. The van der Waals surface area contributed by atoms with Gasteiger partial charge in [-0.25, -0.2) is 14.2 Å². The highest BCUT2D eigenvalue weighted by Gasteiger charge is 2.19. The summed E-state index contributed by atoms with van der Waals surface area (Å²) in [7, 11) is 1.67. The molecule has 0 saturated carbocycles. The minimum Gasteiger partial charge on any atom is -0.384 e. The van der Waals surface area contributed by atoms with Crippen molar-refractivity contribution in [1.29, 1.82) is 0 Å². The van der Waals surface area contributed by atoms with Crippen LogP contribution in [0.4, 0.5) is 14.6 Å². The summed E-state index contributed by atoms with van der Waals surface area (Å²) in [6, 6.07) is 2.56. The van der Waals surface area contributed by atoms with E-state index in [0.29, 0.717) is 16.9 Å². The third-order valence-electron chi connectivity index (χ3n) is 2.71. The van der Waals surface area contributed by atoms with Crippen molar-refractivity contribution in [3.8, 4) is 0 Å². The first-order valence-electron chi connectivity index (χ1n) is 5.22. The van der Waals surface area contributed by atoms with Gasteiger partial charge in [0.05, 0.1) is 12.2 Å². The number of nitrogens with one attached hydrogen (secondary N) is 1. The van der Waals surface area contributed by atoms with Gasteiger partial charge in [0.2, 0.25) is 0 Å². The maximum absolute atomic E-state index is 13.2. The zero-order valence-corrected chi connectivity index (χ0v) is 9.69. The summed E-state index contributed by atoms with van der Waals surface area (Å²) in [4.78, 5) is 0. The number of nitrogens with zero attached hydrogens (tertiary/aromatic N) is 2. The third kappa shape index (κ3) is 2.18. The number of nitrogen functional groups attached to an aromatic ring is 1. The number of anilines is 1. The summed E-state index contributed by atoms with van der Waals surface area (Å²) in [5.41, 5.74) is 9.19. The Morgan fingerprint density at radius 1 is 1.28 bits per heavy atom. The molecule has 1 heterocycles. The van der Waals surface area contributed by atoms with Crippen molar-refractivity contribution in [3.63, 3.8) is 0 Å². The van der Waals surface area contributed by atoms with Gasteiger partial charge in [-0.3, -0.25) is 10.5 Å². The Bertz CT molecular complexity index is 546. The van der Waals surface area contributed by atoms with Crippen LogP contribution in [-0.4, -0.2) is 9.78 Å². The zero-order chi connectivity index (χ0) is 13.3. The van der Waals surface area contributed by atoms with E-state index in [2.05, 4.69) is 10.5 Å². The van der Waals surface area contributed by atoms with Gasteiger partial charge in [0.15, 0.2) is 0 Å². The average Bonchev–Trinajstić information content (AvgIpc) is 2.61. The van der Waals surface area contributed by atoms with Crippen molar-refractivity contribution in [2.24, 2.45) is 12.9 Å². The van der Waals surface area contributed by atoms with E-state index in [4.69, 9.17) is 11.6 Å². The number of aromatic nitrogens is 2. The number of halogens is 2. The normalized spacial score (nSPS) is 12.7. The predicted octanol–water partition coefficient (Wildman–Crippen LogP) is 0.833. The second-order valence-electron chi connectivity index (χ2n) is 3.91. The molecule has 0 aliphatic heterocycles. The van der Waals surface area contributed by atoms with Crippen LogP contribution in [0.3, 0.4) is 0 Å². The molecule has 0 aliphatic carbocycles. The lowest BCUT2D eigenvalue weighted by atomic mass is 10.0. The van der Waals surface area contributed by atoms with E-state index in [-0.39, 0.29) is 0 Å². The molecule has 0 spiro atoms. The zero-order valence-electron chi connectivity index (χ0n) is 9.69. The highest BCUT2D eigenvalue weighted by atomic mass is 19.1. The van der Waals surface area contributed by atoms with Gasteiger partial charge < -0.3 is 5.73 Å². The Labute approximate surface area is 102 Å². The second-order valence-corrected chi connectivity index (χ2v) is 3.91. The van der Waals surface area contributed by atoms with Gasteiger partial charge in [-0.15, -0.1) is 0 Å². The Morgan fingerprint density at radius 3 is 2.33 bits per heavy atom. The van der Waals surface area contributed by atoms with Crippen LogP contribution in [0, 0.1) is 11.6 Å². The van der Waals surface area contributed by atoms with E-state index in [1.807, 2.05) is 0 Å². The van der Waals surface area contributed by atoms with Crippen molar-refractivity contribution in [1.82, 2.24) is 15.2 Å². The maximum atomic E-state index is 13.2. The summed E-state index contributed by atoms with van der Waals surface area (Å²) in [5.74, 6) is 4.46. The Morgan fingerprint density at radius 2 is 1.89 bits per heavy atom. The summed E-state index contributed by atoms with van der Waals surface area (Å²) >= 11 is 0. The molecule has 18 heavy (non-hydrogen) atoms. The molecule has 0 bridgehead atoms. The molecule has 1 atom stereocenters. The number of rotatable bonds is 3. The number of hydrogen-bond acceptors (Lipinski definition) is 4. The molecule has 5 nitrogen and oxygen atoms in total. The molecule has 1 aromatic carbocycles. The van der Waals surface area contributed by atoms with E-state index in [1.165, 1.54) is 23.0 Å². The minimum atomic E-state index is -0.673. The minimum absolute atomic E-state index is 0.342. The van der Waals surface area contributed by atoms with Crippen LogP contribution in [-0.2, 0) is 7.05 Å². The van der Waals surface area contributed by atoms with Crippen molar-refractivity contribution < 1.29 is 8.78 Å². The topological polar surface area (TPSA) is 81.9 Å². The van der Waals surface area contributed by atoms with Crippen LogP contribution in [0.5, 0.6) is 0 Å². The van der Waals surface area contributed by atoms with Crippen molar-refractivity contribution in [2.45, 2.75) is 6.04 Å². The largest absolute Gasteiger partial charge is 0.384 e. The second kappa shape index (κ2) is 4.71. The highest BCUT2D eigenvalue weighted by molar-refractivity contribution is 5.45. The van der Waals surface area contributed by atoms with Gasteiger partial charge in [0, 0.05) is 18.7 Å². The lowest BCUT2D eigenvalue weighted by Crippen LogP contribution is -2.29. The molecular weight excluding hydrogens is 240 g/mol. The predicted molar refractivity (Wildman–Crippen MR) is 63.1 cm³/mol. The van der Waals surface area contributed by atoms with E-state index in [9.17, 15) is 8.78 Å². The van der Waals surface area contributed by atoms with Gasteiger partial charge in [-0.05, 0) is 17.7 Å². The van der Waals surface area contributed by atoms with Gasteiger partial charge >= 0.3 is 0 Å². The van der Waals surface area contributed by atoms with Crippen LogP contribution in [0.2, 0.25) is 0 Å². The van der Waals surface area contributed by atoms with Crippen LogP contribution >= 0.6 is 0 Å². The molecule has 96 valence electrons. The molecule has 0 amide bonds. The van der Waals surface area contributed by atoms with Crippen LogP contribution in [0.25, 0.3) is 0 Å². The SMILES string of the molecule is Cn1ncc(C(NN)c2cc(F)cc(F)c2)c1N. The molecular formula is C11H13F2N5. The van der Waals surface area contributed by atoms with Gasteiger partial charge in [-0.2, -0.15) is 5.10 Å². The van der Waals surface area contributed by atoms with Gasteiger partial charge in [0.25, 0.3) is 0 Å². The average molecular weight is 253 g/mol.